The van der Waals surface area contributed by atoms with Crippen molar-refractivity contribution in [3.63, 3.8) is 0 Å². The van der Waals surface area contributed by atoms with E-state index in [1.165, 1.54) is 0 Å². The lowest BCUT2D eigenvalue weighted by atomic mass is 9.95. The number of hydrogen-bond donors (Lipinski definition) is 0. The van der Waals surface area contributed by atoms with Gasteiger partial charge in [0, 0.05) is 43.4 Å². The summed E-state index contributed by atoms with van der Waals surface area (Å²) in [7, 11) is 9.13. The molecule has 2 aromatic carbocycles. The van der Waals surface area contributed by atoms with Gasteiger partial charge >= 0.3 is 0 Å². The second-order valence-corrected chi connectivity index (χ2v) is 9.06. The van der Waals surface area contributed by atoms with E-state index >= 15 is 0 Å². The summed E-state index contributed by atoms with van der Waals surface area (Å²) in [6, 6.07) is 12.0. The molecule has 4 aromatic rings. The summed E-state index contributed by atoms with van der Waals surface area (Å²) in [6.45, 7) is 0.681. The van der Waals surface area contributed by atoms with Gasteiger partial charge in [-0.2, -0.15) is 0 Å². The first-order valence-electron chi connectivity index (χ1n) is 11.4. The molecule has 0 radical (unpaired) electrons. The number of methoxy groups -OCH3 is 2. The minimum absolute atomic E-state index is 0.0423. The van der Waals surface area contributed by atoms with Gasteiger partial charge in [0.1, 0.15) is 11.5 Å². The van der Waals surface area contributed by atoms with Gasteiger partial charge in [-0.25, -0.2) is 0 Å². The third-order valence-corrected chi connectivity index (χ3v) is 6.41. The number of rotatable bonds is 6. The van der Waals surface area contributed by atoms with Crippen LogP contribution >= 0.6 is 0 Å². The van der Waals surface area contributed by atoms with Crippen LogP contribution in [0.25, 0.3) is 21.9 Å². The molecule has 5 rings (SSSR count). The predicted octanol–water partition coefficient (Wildman–Crippen LogP) is 4.36. The highest BCUT2D eigenvalue weighted by atomic mass is 16.5. The summed E-state index contributed by atoms with van der Waals surface area (Å²) >= 11 is 0. The maximum absolute atomic E-state index is 13.0. The molecule has 0 unspecified atom stereocenters. The molecule has 2 aromatic heterocycles. The smallest absolute Gasteiger partial charge is 0.258 e. The SMILES string of the molecule is COc1cc(-c2cn(C)c(=O)c3ccc(C4=Nc5cnccc5C4)cc23)cc(OC)c1CN(C)C. The van der Waals surface area contributed by atoms with Crippen molar-refractivity contribution in [3.05, 3.63) is 82.0 Å². The van der Waals surface area contributed by atoms with Crippen molar-refractivity contribution >= 4 is 22.2 Å². The number of hydrogen-bond acceptors (Lipinski definition) is 6. The zero-order valence-electron chi connectivity index (χ0n) is 20.6. The molecule has 0 aliphatic carbocycles. The van der Waals surface area contributed by atoms with E-state index in [9.17, 15) is 4.79 Å². The minimum atomic E-state index is -0.0423. The maximum atomic E-state index is 13.0. The highest BCUT2D eigenvalue weighted by Crippen LogP contribution is 2.38. The number of ether oxygens (including phenoxy) is 2. The molecule has 7 heteroatoms. The van der Waals surface area contributed by atoms with Crippen LogP contribution in [0.15, 0.2) is 64.8 Å². The van der Waals surface area contributed by atoms with E-state index in [-0.39, 0.29) is 5.56 Å². The van der Waals surface area contributed by atoms with Gasteiger partial charge in [-0.3, -0.25) is 14.8 Å². The van der Waals surface area contributed by atoms with Crippen LogP contribution < -0.4 is 15.0 Å². The van der Waals surface area contributed by atoms with Crippen LogP contribution in [0, 0.1) is 0 Å². The van der Waals surface area contributed by atoms with E-state index in [0.717, 1.165) is 62.5 Å². The lowest BCUT2D eigenvalue weighted by molar-refractivity contribution is 0.349. The highest BCUT2D eigenvalue weighted by molar-refractivity contribution is 6.09. The van der Waals surface area contributed by atoms with Gasteiger partial charge in [0.2, 0.25) is 0 Å². The number of aromatic nitrogens is 2. The second-order valence-electron chi connectivity index (χ2n) is 9.06. The summed E-state index contributed by atoms with van der Waals surface area (Å²) in [5, 5.41) is 1.52. The van der Waals surface area contributed by atoms with Crippen LogP contribution in [0.3, 0.4) is 0 Å². The molecule has 1 aliphatic heterocycles. The highest BCUT2D eigenvalue weighted by Gasteiger charge is 2.20. The standard InChI is InChI=1S/C28H28N4O3/c1-31(2)15-23-26(34-4)12-19(13-27(23)35-5)22-16-32(3)28(33)20-7-6-17(10-21(20)22)24-11-18-8-9-29-14-25(18)30-24/h6-10,12-14,16H,11,15H2,1-5H3. The molecule has 0 bridgehead atoms. The molecule has 0 amide bonds. The molecular weight excluding hydrogens is 440 g/mol. The lowest BCUT2D eigenvalue weighted by Gasteiger charge is -2.19. The fourth-order valence-corrected chi connectivity index (χ4v) is 4.68. The number of aliphatic imine (C=N–C) groups is 1. The molecule has 0 N–H and O–H groups in total. The number of benzene rings is 2. The zero-order valence-corrected chi connectivity index (χ0v) is 20.6. The number of pyridine rings is 2. The van der Waals surface area contributed by atoms with Crippen molar-refractivity contribution < 1.29 is 9.47 Å². The van der Waals surface area contributed by atoms with Gasteiger partial charge in [-0.1, -0.05) is 6.07 Å². The molecule has 3 heterocycles. The maximum Gasteiger partial charge on any atom is 0.258 e. The van der Waals surface area contributed by atoms with Gasteiger partial charge in [0.05, 0.1) is 37.4 Å². The summed E-state index contributed by atoms with van der Waals surface area (Å²) in [4.78, 5) is 24.1. The number of fused-ring (bicyclic) bond motifs is 2. The van der Waals surface area contributed by atoms with Gasteiger partial charge in [-0.15, -0.1) is 0 Å². The van der Waals surface area contributed by atoms with E-state index in [4.69, 9.17) is 14.5 Å². The third kappa shape index (κ3) is 4.08. The Morgan fingerprint density at radius 3 is 2.40 bits per heavy atom. The van der Waals surface area contributed by atoms with Gasteiger partial charge in [0.15, 0.2) is 0 Å². The molecular formula is C28H28N4O3. The van der Waals surface area contributed by atoms with Crippen LogP contribution in [0.5, 0.6) is 11.5 Å². The predicted molar refractivity (Wildman–Crippen MR) is 139 cm³/mol. The lowest BCUT2D eigenvalue weighted by Crippen LogP contribution is -2.17. The average molecular weight is 469 g/mol. The van der Waals surface area contributed by atoms with Crippen LogP contribution in [0.1, 0.15) is 16.7 Å². The summed E-state index contributed by atoms with van der Waals surface area (Å²) in [5.74, 6) is 1.49. The number of nitrogens with zero attached hydrogens (tertiary/aromatic N) is 4. The van der Waals surface area contributed by atoms with E-state index < -0.39 is 0 Å². The molecule has 178 valence electrons. The van der Waals surface area contributed by atoms with E-state index in [0.29, 0.717) is 11.9 Å². The fourth-order valence-electron chi connectivity index (χ4n) is 4.68. The first-order chi connectivity index (χ1) is 16.9. The van der Waals surface area contributed by atoms with Crippen molar-refractivity contribution in [2.75, 3.05) is 28.3 Å². The summed E-state index contributed by atoms with van der Waals surface area (Å²) in [5.41, 5.74) is 6.80. The Hall–Kier alpha value is -3.97. The minimum Gasteiger partial charge on any atom is -0.496 e. The first-order valence-corrected chi connectivity index (χ1v) is 11.4. The van der Waals surface area contributed by atoms with Crippen molar-refractivity contribution in [1.82, 2.24) is 14.5 Å². The molecule has 0 fully saturated rings. The molecule has 0 saturated heterocycles. The normalized spacial score (nSPS) is 12.7. The Morgan fingerprint density at radius 2 is 1.74 bits per heavy atom. The zero-order chi connectivity index (χ0) is 24.7. The van der Waals surface area contributed by atoms with E-state index in [2.05, 4.69) is 16.0 Å². The summed E-state index contributed by atoms with van der Waals surface area (Å²) < 4.78 is 13.1. The Morgan fingerprint density at radius 1 is 1.00 bits per heavy atom. The van der Waals surface area contributed by atoms with Crippen LogP contribution in [0.2, 0.25) is 0 Å². The van der Waals surface area contributed by atoms with Crippen molar-refractivity contribution in [3.8, 4) is 22.6 Å². The molecule has 0 atom stereocenters. The Balaban J connectivity index is 1.70. The average Bonchev–Trinajstić information content (AvgIpc) is 3.30. The molecule has 0 spiro atoms. The van der Waals surface area contributed by atoms with Crippen LogP contribution in [-0.2, 0) is 20.0 Å². The van der Waals surface area contributed by atoms with E-state index in [1.807, 2.05) is 50.6 Å². The second kappa shape index (κ2) is 9.00. The fraction of sp³-hybridized carbons (Fsp3) is 0.250. The number of aryl methyl sites for hydroxylation is 1. The van der Waals surface area contributed by atoms with Crippen molar-refractivity contribution in [2.45, 2.75) is 13.0 Å². The van der Waals surface area contributed by atoms with Crippen molar-refractivity contribution in [1.29, 1.82) is 0 Å². The Kier molecular flexibility index (Phi) is 5.86. The van der Waals surface area contributed by atoms with Gasteiger partial charge < -0.3 is 18.9 Å². The largest absolute Gasteiger partial charge is 0.496 e. The Labute approximate surface area is 204 Å². The van der Waals surface area contributed by atoms with Gasteiger partial charge in [0.25, 0.3) is 5.56 Å². The third-order valence-electron chi connectivity index (χ3n) is 6.41. The Bertz CT molecular complexity index is 1510. The molecule has 1 aliphatic rings. The molecule has 0 saturated carbocycles. The first kappa shape index (κ1) is 22.8. The molecule has 35 heavy (non-hydrogen) atoms. The van der Waals surface area contributed by atoms with Crippen molar-refractivity contribution in [2.24, 2.45) is 12.0 Å². The van der Waals surface area contributed by atoms with Gasteiger partial charge in [-0.05, 0) is 66.5 Å². The van der Waals surface area contributed by atoms with Crippen LogP contribution in [-0.4, -0.2) is 48.5 Å². The van der Waals surface area contributed by atoms with Crippen LogP contribution in [0.4, 0.5) is 5.69 Å². The topological polar surface area (TPSA) is 69.0 Å². The molecule has 7 nitrogen and oxygen atoms in total. The van der Waals surface area contributed by atoms with E-state index in [1.54, 1.807) is 38.2 Å². The monoisotopic (exact) mass is 468 g/mol. The quantitative estimate of drug-likeness (QED) is 0.421. The summed E-state index contributed by atoms with van der Waals surface area (Å²) in [6.07, 6.45) is 6.20.